The van der Waals surface area contributed by atoms with E-state index in [-0.39, 0.29) is 17.0 Å². The van der Waals surface area contributed by atoms with E-state index >= 15 is 0 Å². The number of carbonyl (C=O) groups is 3. The minimum absolute atomic E-state index is 0.0774. The molecule has 0 saturated carbocycles. The Bertz CT molecular complexity index is 1240. The van der Waals surface area contributed by atoms with Crippen molar-refractivity contribution in [2.75, 3.05) is 18.8 Å². The Morgan fingerprint density at radius 2 is 1.81 bits per heavy atom. The molecule has 1 fully saturated rings. The van der Waals surface area contributed by atoms with E-state index in [4.69, 9.17) is 4.74 Å². The van der Waals surface area contributed by atoms with E-state index in [2.05, 4.69) is 10.6 Å². The number of alkyl halides is 6. The van der Waals surface area contributed by atoms with E-state index in [1.54, 1.807) is 39.8 Å². The molecule has 1 aromatic carbocycles. The lowest BCUT2D eigenvalue weighted by Crippen LogP contribution is -2.53. The lowest BCUT2D eigenvalue weighted by molar-refractivity contribution is -0.159. The molecule has 7 nitrogen and oxygen atoms in total. The number of rotatable bonds is 7. The number of alkyl carbamates (subject to hydrolysis) is 1. The number of carbonyl (C=O) groups excluding carboxylic acids is 3. The van der Waals surface area contributed by atoms with E-state index in [0.29, 0.717) is 11.3 Å². The zero-order valence-corrected chi connectivity index (χ0v) is 24.3. The normalized spacial score (nSPS) is 22.0. The first-order valence-electron chi connectivity index (χ1n) is 13.1. The van der Waals surface area contributed by atoms with Crippen molar-refractivity contribution >= 4 is 29.7 Å². The highest BCUT2D eigenvalue weighted by Gasteiger charge is 2.46. The molecule has 3 atom stereocenters. The molecule has 0 spiro atoms. The fourth-order valence-corrected chi connectivity index (χ4v) is 5.94. The average Bonchev–Trinajstić information content (AvgIpc) is 2.94. The Balaban J connectivity index is 1.90. The highest BCUT2D eigenvalue weighted by Crippen LogP contribution is 2.44. The van der Waals surface area contributed by atoms with Gasteiger partial charge in [-0.2, -0.15) is 26.3 Å². The molecule has 3 amide bonds. The van der Waals surface area contributed by atoms with Gasteiger partial charge in [-0.3, -0.25) is 9.59 Å². The van der Waals surface area contributed by atoms with Crippen molar-refractivity contribution in [3.63, 3.8) is 0 Å². The van der Waals surface area contributed by atoms with Crippen LogP contribution in [-0.4, -0.2) is 64.2 Å². The Kier molecular flexibility index (Phi) is 10.0. The van der Waals surface area contributed by atoms with Gasteiger partial charge in [-0.15, -0.1) is 11.8 Å². The van der Waals surface area contributed by atoms with Gasteiger partial charge in [-0.25, -0.2) is 4.79 Å². The minimum atomic E-state index is -4.73. The molecule has 1 aliphatic carbocycles. The maximum Gasteiger partial charge on any atom is 0.416 e. The number of hydrogen-bond acceptors (Lipinski definition) is 5. The predicted octanol–water partition coefficient (Wildman–Crippen LogP) is 5.61. The van der Waals surface area contributed by atoms with Gasteiger partial charge in [0.2, 0.25) is 5.91 Å². The molecule has 232 valence electrons. The van der Waals surface area contributed by atoms with Gasteiger partial charge in [0.05, 0.1) is 16.2 Å². The van der Waals surface area contributed by atoms with Crippen LogP contribution in [0.4, 0.5) is 31.1 Å². The third kappa shape index (κ3) is 8.92. The summed E-state index contributed by atoms with van der Waals surface area (Å²) >= 11 is 1.20. The lowest BCUT2D eigenvalue weighted by atomic mass is 9.94. The third-order valence-electron chi connectivity index (χ3n) is 6.57. The molecule has 0 bridgehead atoms. The van der Waals surface area contributed by atoms with Crippen LogP contribution in [-0.2, 0) is 26.9 Å². The highest BCUT2D eigenvalue weighted by molar-refractivity contribution is 8.00. The lowest BCUT2D eigenvalue weighted by Gasteiger charge is -2.37. The average molecular weight is 622 g/mol. The summed E-state index contributed by atoms with van der Waals surface area (Å²) < 4.78 is 86.0. The number of amides is 3. The summed E-state index contributed by atoms with van der Waals surface area (Å²) in [6, 6.07) is 3.21. The fourth-order valence-electron chi connectivity index (χ4n) is 4.64. The molecule has 1 aliphatic heterocycles. The van der Waals surface area contributed by atoms with Crippen molar-refractivity contribution < 1.29 is 45.5 Å². The van der Waals surface area contributed by atoms with Gasteiger partial charge in [-0.1, -0.05) is 30.4 Å². The quantitative estimate of drug-likeness (QED) is 0.387. The summed E-state index contributed by atoms with van der Waals surface area (Å²) in [7, 11) is 0. The van der Waals surface area contributed by atoms with Crippen molar-refractivity contribution in [1.29, 1.82) is 0 Å². The van der Waals surface area contributed by atoms with Crippen LogP contribution in [0.3, 0.4) is 0 Å². The fraction of sp³-hybridized carbons (Fsp3) is 0.536. The number of halogens is 6. The summed E-state index contributed by atoms with van der Waals surface area (Å²) in [5.74, 6) is -3.30. The summed E-state index contributed by atoms with van der Waals surface area (Å²) in [6.45, 7) is 4.47. The van der Waals surface area contributed by atoms with Gasteiger partial charge in [0.1, 0.15) is 18.2 Å². The predicted molar refractivity (Wildman–Crippen MR) is 145 cm³/mol. The molecule has 14 heteroatoms. The number of fused-ring (bicyclic) bond motifs is 1. The third-order valence-corrected chi connectivity index (χ3v) is 8.08. The van der Waals surface area contributed by atoms with Crippen molar-refractivity contribution in [3.05, 3.63) is 59.3 Å². The van der Waals surface area contributed by atoms with Crippen LogP contribution < -0.4 is 10.6 Å². The molecule has 1 saturated heterocycles. The van der Waals surface area contributed by atoms with E-state index in [1.165, 1.54) is 36.0 Å². The number of hydrogen-bond donors (Lipinski definition) is 2. The smallest absolute Gasteiger partial charge is 0.416 e. The van der Waals surface area contributed by atoms with Crippen LogP contribution in [0, 0.1) is 5.92 Å². The molecule has 1 heterocycles. The van der Waals surface area contributed by atoms with Gasteiger partial charge in [0, 0.05) is 18.0 Å². The highest BCUT2D eigenvalue weighted by atomic mass is 32.2. The SMILES string of the molecule is CC(C)(C)OC(=O)NC[C@H](Cc1ccccc1C(F)(F)F)C(=O)N[C@@H]1CSC2(C)CC=CC=C2N(CC(F)(F)F)C1=O. The van der Waals surface area contributed by atoms with Crippen molar-refractivity contribution in [1.82, 2.24) is 15.5 Å². The Hall–Kier alpha value is -3.16. The van der Waals surface area contributed by atoms with Crippen LogP contribution in [0.15, 0.2) is 48.2 Å². The van der Waals surface area contributed by atoms with E-state index in [9.17, 15) is 40.7 Å². The summed E-state index contributed by atoms with van der Waals surface area (Å²) in [5, 5.41) is 4.84. The number of thioether (sulfide) groups is 1. The molecule has 0 radical (unpaired) electrons. The van der Waals surface area contributed by atoms with Crippen molar-refractivity contribution in [3.8, 4) is 0 Å². The molecule has 3 rings (SSSR count). The maximum atomic E-state index is 13.7. The standard InChI is InChI=1S/C28H33F6N3O4S/c1-25(2,3)41-24(40)35-14-18(13-17-9-5-6-10-19(17)28(32,33)34)22(38)36-20-15-42-26(4)12-8-7-11-21(26)37(23(20)39)16-27(29,30)31/h5-11,18,20H,12-16H2,1-4H3,(H,35,40)(H,36,38)/t18-,20+,26?/m0/s1. The topological polar surface area (TPSA) is 87.7 Å². The molecular weight excluding hydrogens is 588 g/mol. The van der Waals surface area contributed by atoms with Crippen LogP contribution in [0.25, 0.3) is 0 Å². The first-order valence-corrected chi connectivity index (χ1v) is 14.1. The molecule has 42 heavy (non-hydrogen) atoms. The second-order valence-corrected chi connectivity index (χ2v) is 12.8. The molecule has 1 aromatic rings. The van der Waals surface area contributed by atoms with Gasteiger partial charge < -0.3 is 20.3 Å². The largest absolute Gasteiger partial charge is 0.444 e. The molecule has 0 aromatic heterocycles. The summed E-state index contributed by atoms with van der Waals surface area (Å²) in [6.07, 6.45) is -5.75. The zero-order valence-electron chi connectivity index (χ0n) is 23.5. The Morgan fingerprint density at radius 1 is 1.14 bits per heavy atom. The van der Waals surface area contributed by atoms with Crippen LogP contribution in [0.2, 0.25) is 0 Å². The van der Waals surface area contributed by atoms with Gasteiger partial charge >= 0.3 is 18.4 Å². The Labute approximate surface area is 244 Å². The Morgan fingerprint density at radius 3 is 2.43 bits per heavy atom. The summed E-state index contributed by atoms with van der Waals surface area (Å²) in [5.41, 5.74) is -1.95. The molecule has 1 unspecified atom stereocenters. The second kappa shape index (κ2) is 12.6. The molecular formula is C28H33F6N3O4S. The minimum Gasteiger partial charge on any atom is -0.444 e. The number of benzene rings is 1. The van der Waals surface area contributed by atoms with E-state index in [0.717, 1.165) is 6.07 Å². The van der Waals surface area contributed by atoms with Gasteiger partial charge in [-0.05, 0) is 58.2 Å². The van der Waals surface area contributed by atoms with Gasteiger partial charge in [0.15, 0.2) is 0 Å². The summed E-state index contributed by atoms with van der Waals surface area (Å²) in [4.78, 5) is 39.8. The second-order valence-electron chi connectivity index (χ2n) is 11.3. The number of ether oxygens (including phenoxy) is 1. The van der Waals surface area contributed by atoms with Crippen LogP contribution in [0.1, 0.15) is 45.2 Å². The first-order chi connectivity index (χ1) is 19.3. The molecule has 2 aliphatic rings. The van der Waals surface area contributed by atoms with Crippen LogP contribution >= 0.6 is 11.8 Å². The van der Waals surface area contributed by atoms with Gasteiger partial charge in [0.25, 0.3) is 5.91 Å². The number of nitrogens with one attached hydrogen (secondary N) is 2. The van der Waals surface area contributed by atoms with E-state index in [1.807, 2.05) is 0 Å². The van der Waals surface area contributed by atoms with Crippen LogP contribution in [0.5, 0.6) is 0 Å². The number of allylic oxidation sites excluding steroid dienone is 3. The van der Waals surface area contributed by atoms with E-state index < -0.39 is 77.6 Å². The monoisotopic (exact) mass is 621 g/mol. The first kappa shape index (κ1) is 33.3. The van der Waals surface area contributed by atoms with Crippen molar-refractivity contribution in [2.45, 2.75) is 69.3 Å². The number of nitrogens with zero attached hydrogens (tertiary/aromatic N) is 1. The molecule has 2 N–H and O–H groups in total. The zero-order chi connectivity index (χ0) is 31.5. The van der Waals surface area contributed by atoms with Crippen molar-refractivity contribution in [2.24, 2.45) is 5.92 Å². The maximum absolute atomic E-state index is 13.7.